The minimum absolute atomic E-state index is 0. The Kier molecular flexibility index (Phi) is 4.55. The Bertz CT molecular complexity index is 499. The van der Waals surface area contributed by atoms with Crippen LogP contribution in [0.5, 0.6) is 5.75 Å². The van der Waals surface area contributed by atoms with Gasteiger partial charge in [0.2, 0.25) is 5.91 Å². The predicted molar refractivity (Wildman–Crippen MR) is 81.8 cm³/mol. The third kappa shape index (κ3) is 2.63. The Morgan fingerprint density at radius 3 is 3.05 bits per heavy atom. The fourth-order valence-corrected chi connectivity index (χ4v) is 2.98. The average Bonchev–Trinajstić information content (AvgIpc) is 3.07. The van der Waals surface area contributed by atoms with E-state index in [9.17, 15) is 4.79 Å². The molecular formula is C15H21ClN2O2. The number of benzene rings is 1. The summed E-state index contributed by atoms with van der Waals surface area (Å²) in [6, 6.07) is 5.89. The van der Waals surface area contributed by atoms with Gasteiger partial charge in [-0.25, -0.2) is 0 Å². The first kappa shape index (κ1) is 15.1. The van der Waals surface area contributed by atoms with Gasteiger partial charge in [0.05, 0.1) is 12.1 Å². The maximum Gasteiger partial charge on any atom is 0.244 e. The number of rotatable bonds is 3. The van der Waals surface area contributed by atoms with Gasteiger partial charge in [0.25, 0.3) is 0 Å². The number of fused-ring (bicyclic) bond motifs is 1. The van der Waals surface area contributed by atoms with Crippen molar-refractivity contribution in [1.29, 1.82) is 0 Å². The molecule has 1 atom stereocenters. The van der Waals surface area contributed by atoms with Gasteiger partial charge in [-0.05, 0) is 49.6 Å². The van der Waals surface area contributed by atoms with Gasteiger partial charge in [-0.3, -0.25) is 4.79 Å². The molecule has 2 N–H and O–H groups in total. The summed E-state index contributed by atoms with van der Waals surface area (Å²) in [5, 5.41) is 6.40. The van der Waals surface area contributed by atoms with E-state index in [2.05, 4.69) is 17.6 Å². The lowest BCUT2D eigenvalue weighted by Crippen LogP contribution is -2.50. The van der Waals surface area contributed by atoms with E-state index in [4.69, 9.17) is 4.74 Å². The van der Waals surface area contributed by atoms with Gasteiger partial charge in [0, 0.05) is 12.1 Å². The molecule has 2 heterocycles. The van der Waals surface area contributed by atoms with Crippen molar-refractivity contribution in [3.63, 3.8) is 0 Å². The summed E-state index contributed by atoms with van der Waals surface area (Å²) in [4.78, 5) is 12.5. The van der Waals surface area contributed by atoms with E-state index in [1.165, 1.54) is 5.56 Å². The van der Waals surface area contributed by atoms with Crippen LogP contribution in [0.4, 0.5) is 5.69 Å². The van der Waals surface area contributed by atoms with Crippen LogP contribution >= 0.6 is 12.4 Å². The van der Waals surface area contributed by atoms with Gasteiger partial charge in [0.1, 0.15) is 5.75 Å². The molecule has 2 aliphatic heterocycles. The summed E-state index contributed by atoms with van der Waals surface area (Å²) in [7, 11) is 0. The molecule has 0 spiro atoms. The summed E-state index contributed by atoms with van der Waals surface area (Å²) in [5.74, 6) is 1.04. The molecule has 0 saturated carbocycles. The monoisotopic (exact) mass is 296 g/mol. The number of nitrogens with one attached hydrogen (secondary N) is 2. The standard InChI is InChI=1S/C15H20N2O2.ClH/c1-2-15(7-3-8-16-15)14(18)17-12-4-5-13-11(10-12)6-9-19-13;/h4-5,10,16H,2-3,6-9H2,1H3,(H,17,18);1H. The van der Waals surface area contributed by atoms with E-state index in [-0.39, 0.29) is 23.9 Å². The molecule has 1 amide bonds. The fourth-order valence-electron chi connectivity index (χ4n) is 2.98. The van der Waals surface area contributed by atoms with Crippen molar-refractivity contribution in [3.8, 4) is 5.75 Å². The van der Waals surface area contributed by atoms with E-state index in [1.54, 1.807) is 0 Å². The Labute approximate surface area is 125 Å². The molecule has 1 aromatic rings. The van der Waals surface area contributed by atoms with Gasteiger partial charge in [0.15, 0.2) is 0 Å². The summed E-state index contributed by atoms with van der Waals surface area (Å²) in [6.45, 7) is 3.74. The van der Waals surface area contributed by atoms with Crippen molar-refractivity contribution in [2.75, 3.05) is 18.5 Å². The number of carbonyl (C=O) groups excluding carboxylic acids is 1. The SMILES string of the molecule is CCC1(C(=O)Nc2ccc3c(c2)CCO3)CCCN1.Cl. The largest absolute Gasteiger partial charge is 0.493 e. The van der Waals surface area contributed by atoms with Gasteiger partial charge in [-0.2, -0.15) is 0 Å². The molecule has 1 saturated heterocycles. The molecule has 110 valence electrons. The van der Waals surface area contributed by atoms with Crippen molar-refractivity contribution >= 4 is 24.0 Å². The van der Waals surface area contributed by atoms with Crippen LogP contribution in [0.1, 0.15) is 31.7 Å². The Hall–Kier alpha value is -1.26. The molecule has 5 heteroatoms. The number of anilines is 1. The highest BCUT2D eigenvalue weighted by atomic mass is 35.5. The third-order valence-electron chi connectivity index (χ3n) is 4.23. The molecule has 0 radical (unpaired) electrons. The molecule has 4 nitrogen and oxygen atoms in total. The van der Waals surface area contributed by atoms with Crippen LogP contribution in [-0.2, 0) is 11.2 Å². The van der Waals surface area contributed by atoms with Crippen LogP contribution in [0.3, 0.4) is 0 Å². The molecule has 0 aromatic heterocycles. The van der Waals surface area contributed by atoms with Crippen LogP contribution < -0.4 is 15.4 Å². The number of hydrogen-bond acceptors (Lipinski definition) is 3. The molecule has 0 aliphatic carbocycles. The van der Waals surface area contributed by atoms with Crippen LogP contribution in [-0.4, -0.2) is 24.6 Å². The normalized spacial score (nSPS) is 23.6. The van der Waals surface area contributed by atoms with E-state index >= 15 is 0 Å². The van der Waals surface area contributed by atoms with Crippen LogP contribution in [0.25, 0.3) is 0 Å². The van der Waals surface area contributed by atoms with Crippen molar-refractivity contribution in [3.05, 3.63) is 23.8 Å². The van der Waals surface area contributed by atoms with Crippen LogP contribution in [0.15, 0.2) is 18.2 Å². The van der Waals surface area contributed by atoms with E-state index in [0.29, 0.717) is 0 Å². The second-order valence-electron chi connectivity index (χ2n) is 5.34. The zero-order valence-corrected chi connectivity index (χ0v) is 12.5. The zero-order valence-electron chi connectivity index (χ0n) is 11.7. The molecule has 3 rings (SSSR count). The third-order valence-corrected chi connectivity index (χ3v) is 4.23. The lowest BCUT2D eigenvalue weighted by Gasteiger charge is -2.26. The van der Waals surface area contributed by atoms with E-state index in [0.717, 1.165) is 50.3 Å². The summed E-state index contributed by atoms with van der Waals surface area (Å²) >= 11 is 0. The Balaban J connectivity index is 0.00000147. The van der Waals surface area contributed by atoms with Crippen molar-refractivity contribution in [2.45, 2.75) is 38.1 Å². The highest BCUT2D eigenvalue weighted by Crippen LogP contribution is 2.29. The van der Waals surface area contributed by atoms with Gasteiger partial charge >= 0.3 is 0 Å². The van der Waals surface area contributed by atoms with Gasteiger partial charge in [-0.15, -0.1) is 12.4 Å². The fraction of sp³-hybridized carbons (Fsp3) is 0.533. The number of ether oxygens (including phenoxy) is 1. The number of amides is 1. The van der Waals surface area contributed by atoms with Crippen molar-refractivity contribution < 1.29 is 9.53 Å². The zero-order chi connectivity index (χ0) is 13.3. The lowest BCUT2D eigenvalue weighted by atomic mass is 9.93. The van der Waals surface area contributed by atoms with Crippen molar-refractivity contribution in [2.24, 2.45) is 0 Å². The number of halogens is 1. The second-order valence-corrected chi connectivity index (χ2v) is 5.34. The Morgan fingerprint density at radius 1 is 1.50 bits per heavy atom. The maximum atomic E-state index is 12.5. The highest BCUT2D eigenvalue weighted by Gasteiger charge is 2.39. The first-order valence-electron chi connectivity index (χ1n) is 7.06. The molecule has 1 unspecified atom stereocenters. The van der Waals surface area contributed by atoms with Gasteiger partial charge < -0.3 is 15.4 Å². The minimum atomic E-state index is -0.379. The molecule has 1 fully saturated rings. The summed E-state index contributed by atoms with van der Waals surface area (Å²) in [6.07, 6.45) is 3.74. The first-order valence-corrected chi connectivity index (χ1v) is 7.06. The number of carbonyl (C=O) groups is 1. The van der Waals surface area contributed by atoms with Gasteiger partial charge in [-0.1, -0.05) is 6.92 Å². The Morgan fingerprint density at radius 2 is 2.35 bits per heavy atom. The lowest BCUT2D eigenvalue weighted by molar-refractivity contribution is -0.122. The van der Waals surface area contributed by atoms with E-state index in [1.807, 2.05) is 18.2 Å². The summed E-state index contributed by atoms with van der Waals surface area (Å²) < 4.78 is 5.47. The molecular weight excluding hydrogens is 276 g/mol. The molecule has 2 aliphatic rings. The maximum absolute atomic E-state index is 12.5. The molecule has 0 bridgehead atoms. The molecule has 20 heavy (non-hydrogen) atoms. The first-order chi connectivity index (χ1) is 9.23. The second kappa shape index (κ2) is 6.02. The number of hydrogen-bond donors (Lipinski definition) is 2. The van der Waals surface area contributed by atoms with Crippen LogP contribution in [0.2, 0.25) is 0 Å². The average molecular weight is 297 g/mol. The summed E-state index contributed by atoms with van der Waals surface area (Å²) in [5.41, 5.74) is 1.67. The minimum Gasteiger partial charge on any atom is -0.493 e. The van der Waals surface area contributed by atoms with E-state index < -0.39 is 0 Å². The quantitative estimate of drug-likeness (QED) is 0.901. The topological polar surface area (TPSA) is 50.4 Å². The molecule has 1 aromatic carbocycles. The smallest absolute Gasteiger partial charge is 0.244 e. The highest BCUT2D eigenvalue weighted by molar-refractivity contribution is 5.98. The predicted octanol–water partition coefficient (Wildman–Crippen LogP) is 2.51. The van der Waals surface area contributed by atoms with Crippen molar-refractivity contribution in [1.82, 2.24) is 5.32 Å². The van der Waals surface area contributed by atoms with Crippen LogP contribution in [0, 0.1) is 0 Å².